The molecule has 0 unspecified atom stereocenters. The van der Waals surface area contributed by atoms with E-state index in [4.69, 9.17) is 4.74 Å². The van der Waals surface area contributed by atoms with Crippen LogP contribution in [0.15, 0.2) is 29.1 Å². The molecule has 0 spiro atoms. The number of benzene rings is 1. The van der Waals surface area contributed by atoms with Gasteiger partial charge in [-0.3, -0.25) is 14.6 Å². The number of aromatic nitrogens is 2. The number of H-pyrrole nitrogens is 1. The van der Waals surface area contributed by atoms with Crippen molar-refractivity contribution in [1.29, 1.82) is 0 Å². The second-order valence-electron chi connectivity index (χ2n) is 7.04. The van der Waals surface area contributed by atoms with Crippen molar-refractivity contribution < 1.29 is 9.53 Å². The maximum Gasteiger partial charge on any atom is 0.255 e. The average Bonchev–Trinajstić information content (AvgIpc) is 2.73. The number of fused-ring (bicyclic) bond motifs is 1. The second kappa shape index (κ2) is 8.02. The van der Waals surface area contributed by atoms with E-state index in [1.54, 1.807) is 4.90 Å². The summed E-state index contributed by atoms with van der Waals surface area (Å²) in [7, 11) is 0. The van der Waals surface area contributed by atoms with Crippen LogP contribution in [0.3, 0.4) is 0 Å². The van der Waals surface area contributed by atoms with E-state index >= 15 is 0 Å². The topological polar surface area (TPSA) is 90.6 Å². The molecule has 1 aromatic carbocycles. The number of hydrogen-bond acceptors (Lipinski definition) is 6. The molecule has 1 amide bonds. The number of ether oxygens (including phenoxy) is 1. The van der Waals surface area contributed by atoms with E-state index in [9.17, 15) is 9.59 Å². The molecule has 0 saturated carbocycles. The molecule has 148 valence electrons. The summed E-state index contributed by atoms with van der Waals surface area (Å²) in [6, 6.07) is 7.79. The molecule has 0 atom stereocenters. The number of aryl methyl sites for hydroxylation is 1. The Morgan fingerprint density at radius 3 is 2.79 bits per heavy atom. The highest BCUT2D eigenvalue weighted by atomic mass is 16.5. The number of para-hydroxylation sites is 2. The number of anilines is 3. The molecular weight excluding hydrogens is 358 g/mol. The monoisotopic (exact) mass is 383 g/mol. The molecule has 2 N–H and O–H groups in total. The van der Waals surface area contributed by atoms with Crippen LogP contribution >= 0.6 is 0 Å². The molecule has 4 rings (SSSR count). The standard InChI is InChI=1S/C20H25N5O3/c1-14-15(19(27)23-20(22-14)24-10-12-28-13-11-24)6-7-18(26)25-9-8-21-16-4-2-3-5-17(16)25/h2-5,21H,6-13H2,1H3,(H,22,23,27). The van der Waals surface area contributed by atoms with Gasteiger partial charge in [0.2, 0.25) is 11.9 Å². The van der Waals surface area contributed by atoms with Gasteiger partial charge in [-0.05, 0) is 25.5 Å². The van der Waals surface area contributed by atoms with Crippen LogP contribution < -0.4 is 20.7 Å². The Labute approximate surface area is 163 Å². The molecule has 2 aromatic rings. The quantitative estimate of drug-likeness (QED) is 0.827. The highest BCUT2D eigenvalue weighted by Gasteiger charge is 2.23. The Hall–Kier alpha value is -2.87. The molecule has 28 heavy (non-hydrogen) atoms. The first kappa shape index (κ1) is 18.5. The summed E-state index contributed by atoms with van der Waals surface area (Å²) in [5.41, 5.74) is 2.95. The number of rotatable bonds is 4. The summed E-state index contributed by atoms with van der Waals surface area (Å²) in [5, 5.41) is 3.30. The number of aromatic amines is 1. The van der Waals surface area contributed by atoms with Gasteiger partial charge in [-0.1, -0.05) is 12.1 Å². The first-order valence-corrected chi connectivity index (χ1v) is 9.69. The number of morpholine rings is 1. The Morgan fingerprint density at radius 1 is 1.21 bits per heavy atom. The van der Waals surface area contributed by atoms with Gasteiger partial charge >= 0.3 is 0 Å². The molecule has 8 nitrogen and oxygen atoms in total. The number of nitrogens with zero attached hydrogens (tertiary/aromatic N) is 3. The van der Waals surface area contributed by atoms with Crippen molar-refractivity contribution in [3.05, 3.63) is 45.9 Å². The molecule has 0 bridgehead atoms. The molecule has 3 heterocycles. The number of nitrogens with one attached hydrogen (secondary N) is 2. The van der Waals surface area contributed by atoms with E-state index in [1.807, 2.05) is 36.1 Å². The fourth-order valence-electron chi connectivity index (χ4n) is 3.72. The molecule has 0 radical (unpaired) electrons. The average molecular weight is 383 g/mol. The Morgan fingerprint density at radius 2 is 2.00 bits per heavy atom. The van der Waals surface area contributed by atoms with Gasteiger partial charge in [0.25, 0.3) is 5.56 Å². The third-order valence-corrected chi connectivity index (χ3v) is 5.26. The minimum Gasteiger partial charge on any atom is -0.382 e. The predicted molar refractivity (Wildman–Crippen MR) is 108 cm³/mol. The van der Waals surface area contributed by atoms with Crippen LogP contribution in [0.4, 0.5) is 17.3 Å². The molecule has 2 aliphatic rings. The van der Waals surface area contributed by atoms with E-state index in [0.717, 1.165) is 17.9 Å². The van der Waals surface area contributed by atoms with Gasteiger partial charge in [0.05, 0.1) is 24.6 Å². The first-order valence-electron chi connectivity index (χ1n) is 9.69. The molecule has 0 aliphatic carbocycles. The molecule has 8 heteroatoms. The highest BCUT2D eigenvalue weighted by molar-refractivity contribution is 5.97. The zero-order valence-corrected chi connectivity index (χ0v) is 16.0. The van der Waals surface area contributed by atoms with Crippen LogP contribution in [-0.2, 0) is 16.0 Å². The van der Waals surface area contributed by atoms with Crippen molar-refractivity contribution in [3.63, 3.8) is 0 Å². The van der Waals surface area contributed by atoms with Gasteiger partial charge in [-0.2, -0.15) is 0 Å². The fraction of sp³-hybridized carbons (Fsp3) is 0.450. The van der Waals surface area contributed by atoms with Crippen molar-refractivity contribution in [2.45, 2.75) is 19.8 Å². The maximum absolute atomic E-state index is 12.8. The normalized spacial score (nSPS) is 16.5. The zero-order valence-electron chi connectivity index (χ0n) is 16.0. The van der Waals surface area contributed by atoms with Crippen molar-refractivity contribution in [2.24, 2.45) is 0 Å². The number of amides is 1. The summed E-state index contributed by atoms with van der Waals surface area (Å²) >= 11 is 0. The lowest BCUT2D eigenvalue weighted by molar-refractivity contribution is -0.118. The highest BCUT2D eigenvalue weighted by Crippen LogP contribution is 2.29. The van der Waals surface area contributed by atoms with Gasteiger partial charge < -0.3 is 19.9 Å². The van der Waals surface area contributed by atoms with E-state index in [-0.39, 0.29) is 17.9 Å². The maximum atomic E-state index is 12.8. The van der Waals surface area contributed by atoms with Gasteiger partial charge in [0, 0.05) is 43.9 Å². The third kappa shape index (κ3) is 3.73. The number of carbonyl (C=O) groups is 1. The van der Waals surface area contributed by atoms with E-state index in [1.165, 1.54) is 0 Å². The lowest BCUT2D eigenvalue weighted by Crippen LogP contribution is -2.39. The van der Waals surface area contributed by atoms with Crippen molar-refractivity contribution in [2.75, 3.05) is 54.5 Å². The Kier molecular flexibility index (Phi) is 5.29. The van der Waals surface area contributed by atoms with E-state index in [0.29, 0.717) is 56.5 Å². The predicted octanol–water partition coefficient (Wildman–Crippen LogP) is 1.31. The van der Waals surface area contributed by atoms with Gasteiger partial charge in [-0.15, -0.1) is 0 Å². The van der Waals surface area contributed by atoms with E-state index < -0.39 is 0 Å². The zero-order chi connectivity index (χ0) is 19.5. The lowest BCUT2D eigenvalue weighted by atomic mass is 10.1. The molecule has 2 aliphatic heterocycles. The summed E-state index contributed by atoms with van der Waals surface area (Å²) in [6.07, 6.45) is 0.652. The van der Waals surface area contributed by atoms with Crippen molar-refractivity contribution >= 4 is 23.2 Å². The van der Waals surface area contributed by atoms with Crippen LogP contribution in [0, 0.1) is 6.92 Å². The Bertz CT molecular complexity index is 920. The number of carbonyl (C=O) groups excluding carboxylic acids is 1. The second-order valence-corrected chi connectivity index (χ2v) is 7.04. The van der Waals surface area contributed by atoms with Crippen molar-refractivity contribution in [3.8, 4) is 0 Å². The largest absolute Gasteiger partial charge is 0.382 e. The van der Waals surface area contributed by atoms with Crippen molar-refractivity contribution in [1.82, 2.24) is 9.97 Å². The number of hydrogen-bond donors (Lipinski definition) is 2. The summed E-state index contributed by atoms with van der Waals surface area (Å²) < 4.78 is 5.34. The molecule has 1 fully saturated rings. The van der Waals surface area contributed by atoms with Gasteiger partial charge in [0.1, 0.15) is 0 Å². The minimum absolute atomic E-state index is 0.0185. The van der Waals surface area contributed by atoms with Gasteiger partial charge in [0.15, 0.2) is 0 Å². The molecule has 1 aromatic heterocycles. The molecule has 1 saturated heterocycles. The summed E-state index contributed by atoms with van der Waals surface area (Å²) in [6.45, 7) is 5.86. The smallest absolute Gasteiger partial charge is 0.255 e. The van der Waals surface area contributed by atoms with Crippen LogP contribution in [-0.4, -0.2) is 55.3 Å². The molecular formula is C20H25N5O3. The van der Waals surface area contributed by atoms with Crippen LogP contribution in [0.2, 0.25) is 0 Å². The summed E-state index contributed by atoms with van der Waals surface area (Å²) in [5.74, 6) is 0.599. The summed E-state index contributed by atoms with van der Waals surface area (Å²) in [4.78, 5) is 36.7. The lowest BCUT2D eigenvalue weighted by Gasteiger charge is -2.30. The van der Waals surface area contributed by atoms with E-state index in [2.05, 4.69) is 15.3 Å². The van der Waals surface area contributed by atoms with Gasteiger partial charge in [-0.25, -0.2) is 4.98 Å². The van der Waals surface area contributed by atoms with Crippen LogP contribution in [0.5, 0.6) is 0 Å². The fourth-order valence-corrected chi connectivity index (χ4v) is 3.72. The van der Waals surface area contributed by atoms with Crippen LogP contribution in [0.25, 0.3) is 0 Å². The van der Waals surface area contributed by atoms with Crippen LogP contribution in [0.1, 0.15) is 17.7 Å². The SMILES string of the molecule is Cc1nc(N2CCOCC2)[nH]c(=O)c1CCC(=O)N1CCNc2ccccc21. The minimum atomic E-state index is -0.164. The third-order valence-electron chi connectivity index (χ3n) is 5.26. The first-order chi connectivity index (χ1) is 13.6. The Balaban J connectivity index is 1.46.